The normalized spacial score (nSPS) is 14.6. The Morgan fingerprint density at radius 3 is 2.38 bits per heavy atom. The van der Waals surface area contributed by atoms with Crippen LogP contribution in [0.4, 0.5) is 0 Å². The molecule has 0 aliphatic heterocycles. The van der Waals surface area contributed by atoms with Gasteiger partial charge in [-0.15, -0.1) is 0 Å². The molecule has 0 heterocycles. The summed E-state index contributed by atoms with van der Waals surface area (Å²) in [5, 5.41) is 4.78. The van der Waals surface area contributed by atoms with Gasteiger partial charge in [0.1, 0.15) is 11.8 Å². The molecule has 0 unspecified atom stereocenters. The molecule has 5 nitrogen and oxygen atoms in total. The highest BCUT2D eigenvalue weighted by molar-refractivity contribution is 6.35. The first-order chi connectivity index (χ1) is 16.4. The van der Waals surface area contributed by atoms with E-state index in [0.29, 0.717) is 40.3 Å². The van der Waals surface area contributed by atoms with Crippen LogP contribution in [0.3, 0.4) is 0 Å². The molecule has 34 heavy (non-hydrogen) atoms. The Bertz CT molecular complexity index is 962. The molecule has 0 spiro atoms. The van der Waals surface area contributed by atoms with Crippen molar-refractivity contribution in [3.05, 3.63) is 63.1 Å². The molecule has 3 rings (SSSR count). The van der Waals surface area contributed by atoms with Crippen molar-refractivity contribution in [2.24, 2.45) is 0 Å². The minimum Gasteiger partial charge on any atom is -0.494 e. The van der Waals surface area contributed by atoms with Crippen molar-refractivity contribution in [3.63, 3.8) is 0 Å². The third-order valence-electron chi connectivity index (χ3n) is 6.06. The van der Waals surface area contributed by atoms with Crippen LogP contribution >= 0.6 is 34.8 Å². The Kier molecular flexibility index (Phi) is 10.4. The predicted octanol–water partition coefficient (Wildman–Crippen LogP) is 6.67. The Hall–Kier alpha value is -1.95. The molecular weight excluding hydrogens is 495 g/mol. The van der Waals surface area contributed by atoms with Crippen LogP contribution in [0, 0.1) is 0 Å². The van der Waals surface area contributed by atoms with Crippen LogP contribution in [0.2, 0.25) is 15.1 Å². The smallest absolute Gasteiger partial charge is 0.243 e. The van der Waals surface area contributed by atoms with Crippen molar-refractivity contribution in [3.8, 4) is 5.75 Å². The first kappa shape index (κ1) is 26.7. The van der Waals surface area contributed by atoms with Crippen LogP contribution < -0.4 is 10.1 Å². The van der Waals surface area contributed by atoms with Crippen molar-refractivity contribution in [1.82, 2.24) is 10.2 Å². The Morgan fingerprint density at radius 2 is 1.74 bits per heavy atom. The highest BCUT2D eigenvalue weighted by Gasteiger charge is 2.30. The third kappa shape index (κ3) is 7.79. The van der Waals surface area contributed by atoms with E-state index in [2.05, 4.69) is 5.32 Å². The number of hydrogen-bond donors (Lipinski definition) is 1. The van der Waals surface area contributed by atoms with Crippen molar-refractivity contribution in [2.75, 3.05) is 6.61 Å². The maximum absolute atomic E-state index is 13.3. The average Bonchev–Trinajstić information content (AvgIpc) is 3.32. The van der Waals surface area contributed by atoms with Gasteiger partial charge in [0.15, 0.2) is 0 Å². The second-order valence-electron chi connectivity index (χ2n) is 8.58. The molecular formula is C26H31Cl3N2O3. The van der Waals surface area contributed by atoms with Gasteiger partial charge in [0, 0.05) is 34.1 Å². The summed E-state index contributed by atoms with van der Waals surface area (Å²) in [7, 11) is 0. The highest BCUT2D eigenvalue weighted by atomic mass is 35.5. The number of rotatable bonds is 11. The number of amides is 2. The fraction of sp³-hybridized carbons (Fsp3) is 0.462. The lowest BCUT2D eigenvalue weighted by atomic mass is 10.1. The van der Waals surface area contributed by atoms with Gasteiger partial charge in [-0.2, -0.15) is 0 Å². The molecule has 2 aromatic rings. The summed E-state index contributed by atoms with van der Waals surface area (Å²) in [6.45, 7) is 2.55. The molecule has 184 valence electrons. The van der Waals surface area contributed by atoms with Gasteiger partial charge in [-0.1, -0.05) is 60.6 Å². The topological polar surface area (TPSA) is 58.6 Å². The monoisotopic (exact) mass is 524 g/mol. The summed E-state index contributed by atoms with van der Waals surface area (Å²) in [6.07, 6.45) is 5.51. The van der Waals surface area contributed by atoms with Gasteiger partial charge < -0.3 is 15.0 Å². The Morgan fingerprint density at radius 1 is 1.06 bits per heavy atom. The average molecular weight is 526 g/mol. The highest BCUT2D eigenvalue weighted by Crippen LogP contribution is 2.25. The molecule has 2 aromatic carbocycles. The van der Waals surface area contributed by atoms with E-state index in [1.54, 1.807) is 47.4 Å². The Labute approximate surface area is 216 Å². The summed E-state index contributed by atoms with van der Waals surface area (Å²) < 4.78 is 5.72. The van der Waals surface area contributed by atoms with E-state index in [0.717, 1.165) is 31.2 Å². The van der Waals surface area contributed by atoms with Crippen molar-refractivity contribution in [2.45, 2.75) is 70.5 Å². The summed E-state index contributed by atoms with van der Waals surface area (Å²) in [5.41, 5.74) is 0.754. The van der Waals surface area contributed by atoms with Gasteiger partial charge in [0.25, 0.3) is 0 Å². The molecule has 1 atom stereocenters. The van der Waals surface area contributed by atoms with Crippen molar-refractivity contribution >= 4 is 46.6 Å². The molecule has 2 amide bonds. The zero-order chi connectivity index (χ0) is 24.5. The predicted molar refractivity (Wildman–Crippen MR) is 138 cm³/mol. The maximum atomic E-state index is 13.3. The summed E-state index contributed by atoms with van der Waals surface area (Å²) in [5.74, 6) is 0.480. The van der Waals surface area contributed by atoms with E-state index < -0.39 is 6.04 Å². The van der Waals surface area contributed by atoms with E-state index in [4.69, 9.17) is 39.5 Å². The van der Waals surface area contributed by atoms with Crippen molar-refractivity contribution < 1.29 is 14.3 Å². The number of hydrogen-bond acceptors (Lipinski definition) is 3. The minimum atomic E-state index is -0.572. The molecule has 8 heteroatoms. The summed E-state index contributed by atoms with van der Waals surface area (Å²) >= 11 is 18.3. The molecule has 0 saturated heterocycles. The zero-order valence-corrected chi connectivity index (χ0v) is 21.6. The molecule has 0 radical (unpaired) electrons. The fourth-order valence-corrected chi connectivity index (χ4v) is 4.80. The van der Waals surface area contributed by atoms with Gasteiger partial charge >= 0.3 is 0 Å². The number of nitrogens with zero attached hydrogens (tertiary/aromatic N) is 1. The number of carbonyl (C=O) groups is 2. The van der Waals surface area contributed by atoms with Gasteiger partial charge in [-0.05, 0) is 67.6 Å². The van der Waals surface area contributed by atoms with Crippen LogP contribution in [-0.2, 0) is 16.1 Å². The van der Waals surface area contributed by atoms with E-state index in [1.807, 2.05) is 6.92 Å². The zero-order valence-electron chi connectivity index (χ0n) is 19.4. The fourth-order valence-electron chi connectivity index (χ4n) is 4.21. The number of benzene rings is 2. The summed E-state index contributed by atoms with van der Waals surface area (Å²) in [6, 6.07) is 11.9. The molecule has 1 N–H and O–H groups in total. The molecule has 1 fully saturated rings. The van der Waals surface area contributed by atoms with Crippen molar-refractivity contribution in [1.29, 1.82) is 0 Å². The lowest BCUT2D eigenvalue weighted by Gasteiger charge is -2.32. The third-order valence-corrected chi connectivity index (χ3v) is 6.90. The first-order valence-electron chi connectivity index (χ1n) is 11.8. The minimum absolute atomic E-state index is 0.106. The molecule has 1 aliphatic rings. The summed E-state index contributed by atoms with van der Waals surface area (Å²) in [4.78, 5) is 28.1. The van der Waals surface area contributed by atoms with Crippen LogP contribution in [0.1, 0.15) is 57.4 Å². The lowest BCUT2D eigenvalue weighted by Crippen LogP contribution is -2.51. The Balaban J connectivity index is 1.67. The van der Waals surface area contributed by atoms with E-state index in [1.165, 1.54) is 0 Å². The number of ether oxygens (including phenoxy) is 1. The lowest BCUT2D eigenvalue weighted by molar-refractivity contribution is -0.141. The molecule has 0 bridgehead atoms. The second kappa shape index (κ2) is 13.2. The van der Waals surface area contributed by atoms with Gasteiger partial charge in [-0.3, -0.25) is 9.59 Å². The van der Waals surface area contributed by atoms with E-state index in [9.17, 15) is 9.59 Å². The van der Waals surface area contributed by atoms with Crippen LogP contribution in [0.15, 0.2) is 42.5 Å². The van der Waals surface area contributed by atoms with Crippen LogP contribution in [0.25, 0.3) is 0 Å². The number of carbonyl (C=O) groups excluding carboxylic acids is 2. The van der Waals surface area contributed by atoms with Crippen LogP contribution in [-0.4, -0.2) is 35.4 Å². The standard InChI is InChI=1S/C26H31Cl3N2O3/c1-2-24(26(33)30-21-6-3-4-7-21)31(17-18-9-10-20(28)16-23(18)29)25(32)8-5-15-34-22-13-11-19(27)12-14-22/h9-14,16,21,24H,2-8,15,17H2,1H3,(H,30,33)/t24-/m0/s1. The molecule has 0 aromatic heterocycles. The SMILES string of the molecule is CC[C@@H](C(=O)NC1CCCC1)N(Cc1ccc(Cl)cc1Cl)C(=O)CCCOc1ccc(Cl)cc1. The van der Waals surface area contributed by atoms with E-state index in [-0.39, 0.29) is 30.8 Å². The first-order valence-corrected chi connectivity index (χ1v) is 12.9. The molecule has 1 aliphatic carbocycles. The van der Waals surface area contributed by atoms with Gasteiger partial charge in [0.05, 0.1) is 6.61 Å². The maximum Gasteiger partial charge on any atom is 0.243 e. The quantitative estimate of drug-likeness (QED) is 0.333. The van der Waals surface area contributed by atoms with E-state index >= 15 is 0 Å². The van der Waals surface area contributed by atoms with Gasteiger partial charge in [0.2, 0.25) is 11.8 Å². The van der Waals surface area contributed by atoms with Gasteiger partial charge in [-0.25, -0.2) is 0 Å². The molecule has 1 saturated carbocycles. The second-order valence-corrected chi connectivity index (χ2v) is 9.86. The van der Waals surface area contributed by atoms with Crippen LogP contribution in [0.5, 0.6) is 5.75 Å². The number of halogens is 3. The number of nitrogens with one attached hydrogen (secondary N) is 1. The largest absolute Gasteiger partial charge is 0.494 e.